The summed E-state index contributed by atoms with van der Waals surface area (Å²) in [5.41, 5.74) is 6.05. The normalized spacial score (nSPS) is 17.5. The molecule has 0 bridgehead atoms. The second kappa shape index (κ2) is 1.90. The Hall–Kier alpha value is -0.850. The minimum absolute atomic E-state index is 0.128. The zero-order valence-electron chi connectivity index (χ0n) is 7.21. The molecule has 0 N–H and O–H groups in total. The van der Waals surface area contributed by atoms with E-state index in [1.807, 2.05) is 0 Å². The molecule has 0 saturated heterocycles. The number of rotatable bonds is 0. The molecule has 0 aliphatic heterocycles. The summed E-state index contributed by atoms with van der Waals surface area (Å²) in [5.74, 6) is 0.128. The highest BCUT2D eigenvalue weighted by Crippen LogP contribution is 2.39. The Labute approximate surface area is 71.4 Å². The van der Waals surface area contributed by atoms with Crippen molar-refractivity contribution in [3.63, 3.8) is 0 Å². The monoisotopic (exact) mass is 162 g/mol. The van der Waals surface area contributed by atoms with Crippen LogP contribution in [0.2, 0.25) is 0 Å². The van der Waals surface area contributed by atoms with E-state index in [4.69, 9.17) is 0 Å². The van der Waals surface area contributed by atoms with Gasteiger partial charge in [0.25, 0.3) is 0 Å². The first kappa shape index (κ1) is 6.64. The molecule has 12 heavy (non-hydrogen) atoms. The Morgan fingerprint density at radius 3 is 1.58 bits per heavy atom. The number of benzene rings is 1. The second-order valence-electron chi connectivity index (χ2n) is 3.85. The first-order valence-electron chi connectivity index (χ1n) is 4.60. The van der Waals surface area contributed by atoms with Gasteiger partial charge in [-0.1, -0.05) is 0 Å². The molecule has 1 heteroatoms. The van der Waals surface area contributed by atoms with Gasteiger partial charge in [0.15, 0.2) is 0 Å². The molecule has 0 aromatic heterocycles. The highest BCUT2D eigenvalue weighted by Gasteiger charge is 2.30. The average Bonchev–Trinajstić information content (AvgIpc) is 1.78. The molecule has 0 heterocycles. The maximum atomic E-state index is 13.5. The van der Waals surface area contributed by atoms with E-state index in [9.17, 15) is 4.39 Å². The Bertz CT molecular complexity index is 281. The minimum atomic E-state index is 0.128. The smallest absolute Gasteiger partial charge is 0.130 e. The number of fused-ring (bicyclic) bond motifs is 2. The van der Waals surface area contributed by atoms with E-state index < -0.39 is 0 Å². The van der Waals surface area contributed by atoms with E-state index in [-0.39, 0.29) is 5.82 Å². The molecular weight excluding hydrogens is 151 g/mol. The lowest BCUT2D eigenvalue weighted by atomic mass is 9.74. The van der Waals surface area contributed by atoms with E-state index in [2.05, 4.69) is 6.92 Å². The van der Waals surface area contributed by atoms with Crippen molar-refractivity contribution in [1.82, 2.24) is 0 Å². The maximum Gasteiger partial charge on any atom is 0.130 e. The summed E-state index contributed by atoms with van der Waals surface area (Å²) in [7, 11) is 0. The summed E-state index contributed by atoms with van der Waals surface area (Å²) in [6.45, 7) is 2.15. The fraction of sp³-hybridized carbons (Fsp3) is 0.455. The Morgan fingerprint density at radius 2 is 1.25 bits per heavy atom. The Balaban J connectivity index is 2.39. The van der Waals surface area contributed by atoms with Crippen molar-refractivity contribution >= 4 is 0 Å². The molecule has 3 rings (SSSR count). The second-order valence-corrected chi connectivity index (χ2v) is 3.85. The van der Waals surface area contributed by atoms with Crippen LogP contribution in [0, 0.1) is 12.7 Å². The van der Waals surface area contributed by atoms with Crippen LogP contribution in [0.3, 0.4) is 0 Å². The molecule has 0 radical (unpaired) electrons. The number of hydrogen-bond donors (Lipinski definition) is 0. The van der Waals surface area contributed by atoms with Crippen molar-refractivity contribution in [2.45, 2.75) is 32.6 Å². The van der Waals surface area contributed by atoms with Crippen molar-refractivity contribution < 1.29 is 4.39 Å². The predicted molar refractivity (Wildman–Crippen MR) is 46.0 cm³/mol. The van der Waals surface area contributed by atoms with E-state index in [1.54, 1.807) is 0 Å². The van der Waals surface area contributed by atoms with Crippen LogP contribution in [0.25, 0.3) is 0 Å². The summed E-state index contributed by atoms with van der Waals surface area (Å²) in [6, 6.07) is 0. The largest absolute Gasteiger partial charge is 0.206 e. The van der Waals surface area contributed by atoms with Crippen LogP contribution in [0.15, 0.2) is 0 Å². The van der Waals surface area contributed by atoms with E-state index in [0.29, 0.717) is 0 Å². The van der Waals surface area contributed by atoms with Crippen molar-refractivity contribution in [2.75, 3.05) is 0 Å². The third-order valence-electron chi connectivity index (χ3n) is 3.41. The van der Waals surface area contributed by atoms with Crippen LogP contribution >= 0.6 is 0 Å². The van der Waals surface area contributed by atoms with Gasteiger partial charge in [-0.2, -0.15) is 0 Å². The van der Waals surface area contributed by atoms with E-state index in [1.165, 1.54) is 16.7 Å². The van der Waals surface area contributed by atoms with Gasteiger partial charge in [0.2, 0.25) is 0 Å². The first-order chi connectivity index (χ1) is 5.79. The first-order valence-corrected chi connectivity index (χ1v) is 4.60. The highest BCUT2D eigenvalue weighted by molar-refractivity contribution is 5.54. The van der Waals surface area contributed by atoms with Crippen molar-refractivity contribution in [3.8, 4) is 0 Å². The third kappa shape index (κ3) is 0.553. The van der Waals surface area contributed by atoms with Crippen molar-refractivity contribution in [1.29, 1.82) is 0 Å². The van der Waals surface area contributed by atoms with E-state index >= 15 is 0 Å². The molecule has 62 valence electrons. The van der Waals surface area contributed by atoms with Crippen LogP contribution in [0.1, 0.15) is 27.8 Å². The van der Waals surface area contributed by atoms with Crippen molar-refractivity contribution in [2.24, 2.45) is 0 Å². The van der Waals surface area contributed by atoms with Crippen LogP contribution in [-0.2, 0) is 25.7 Å². The predicted octanol–water partition coefficient (Wildman–Crippen LogP) is 2.33. The molecule has 0 spiro atoms. The number of halogens is 1. The molecule has 0 fully saturated rings. The zero-order valence-corrected chi connectivity index (χ0v) is 7.21. The third-order valence-corrected chi connectivity index (χ3v) is 3.41. The fourth-order valence-electron chi connectivity index (χ4n) is 2.43. The van der Waals surface area contributed by atoms with Crippen LogP contribution in [0.4, 0.5) is 4.39 Å². The molecular formula is C11H11F. The average molecular weight is 162 g/mol. The Morgan fingerprint density at radius 1 is 0.833 bits per heavy atom. The highest BCUT2D eigenvalue weighted by atomic mass is 19.1. The molecule has 0 amide bonds. The molecule has 2 aliphatic carbocycles. The SMILES string of the molecule is Cc1c2c(c(F)c3c1CC3)CC2. The number of hydrogen-bond acceptors (Lipinski definition) is 0. The molecule has 0 unspecified atom stereocenters. The summed E-state index contributed by atoms with van der Waals surface area (Å²) < 4.78 is 13.5. The summed E-state index contributed by atoms with van der Waals surface area (Å²) in [4.78, 5) is 0. The quantitative estimate of drug-likeness (QED) is 0.549. The lowest BCUT2D eigenvalue weighted by molar-refractivity contribution is 0.549. The molecule has 1 aromatic carbocycles. The lowest BCUT2D eigenvalue weighted by Gasteiger charge is -2.31. The molecule has 0 nitrogen and oxygen atoms in total. The topological polar surface area (TPSA) is 0 Å². The van der Waals surface area contributed by atoms with Crippen LogP contribution < -0.4 is 0 Å². The summed E-state index contributed by atoms with van der Waals surface area (Å²) >= 11 is 0. The van der Waals surface area contributed by atoms with Crippen LogP contribution in [0.5, 0.6) is 0 Å². The summed E-state index contributed by atoms with van der Waals surface area (Å²) in [6.07, 6.45) is 4.14. The zero-order chi connectivity index (χ0) is 8.29. The molecule has 2 aliphatic rings. The van der Waals surface area contributed by atoms with Gasteiger partial charge in [0.1, 0.15) is 5.82 Å². The molecule has 1 aromatic rings. The Kier molecular flexibility index (Phi) is 1.05. The van der Waals surface area contributed by atoms with Crippen molar-refractivity contribution in [3.05, 3.63) is 33.6 Å². The van der Waals surface area contributed by atoms with Gasteiger partial charge in [-0.05, 0) is 60.4 Å². The van der Waals surface area contributed by atoms with Gasteiger partial charge in [-0.15, -0.1) is 0 Å². The van der Waals surface area contributed by atoms with Gasteiger partial charge in [-0.25, -0.2) is 4.39 Å². The minimum Gasteiger partial charge on any atom is -0.206 e. The summed E-state index contributed by atoms with van der Waals surface area (Å²) in [5, 5.41) is 0. The van der Waals surface area contributed by atoms with E-state index in [0.717, 1.165) is 36.8 Å². The van der Waals surface area contributed by atoms with Gasteiger partial charge in [-0.3, -0.25) is 0 Å². The van der Waals surface area contributed by atoms with Gasteiger partial charge < -0.3 is 0 Å². The van der Waals surface area contributed by atoms with Gasteiger partial charge >= 0.3 is 0 Å². The lowest BCUT2D eigenvalue weighted by Crippen LogP contribution is -2.23. The maximum absolute atomic E-state index is 13.5. The standard InChI is InChI=1S/C11H11F/c1-6-7-2-4-9(7)11(12)10-5-3-8(6)10/h2-5H2,1H3. The van der Waals surface area contributed by atoms with Crippen LogP contribution in [-0.4, -0.2) is 0 Å². The molecule has 0 atom stereocenters. The fourth-order valence-corrected chi connectivity index (χ4v) is 2.43. The van der Waals surface area contributed by atoms with Gasteiger partial charge in [0.05, 0.1) is 0 Å². The molecule has 0 saturated carbocycles. The van der Waals surface area contributed by atoms with Gasteiger partial charge in [0, 0.05) is 0 Å².